The summed E-state index contributed by atoms with van der Waals surface area (Å²) in [5, 5.41) is 10.7. The molecule has 0 atom stereocenters. The van der Waals surface area contributed by atoms with E-state index in [-0.39, 0.29) is 16.7 Å². The summed E-state index contributed by atoms with van der Waals surface area (Å²) in [4.78, 5) is 11.9. The van der Waals surface area contributed by atoms with E-state index in [2.05, 4.69) is 15.5 Å². The summed E-state index contributed by atoms with van der Waals surface area (Å²) in [6.45, 7) is 0. The molecule has 1 heterocycles. The first-order valence-electron chi connectivity index (χ1n) is 6.88. The highest BCUT2D eigenvalue weighted by Crippen LogP contribution is 2.23. The maximum Gasteiger partial charge on any atom is 0.277 e. The second-order valence-electron chi connectivity index (χ2n) is 4.70. The van der Waals surface area contributed by atoms with Crippen LogP contribution in [0.15, 0.2) is 58.2 Å². The summed E-state index contributed by atoms with van der Waals surface area (Å²) in [6, 6.07) is 13.3. The number of amides is 1. The van der Waals surface area contributed by atoms with Gasteiger partial charge < -0.3 is 9.73 Å². The summed E-state index contributed by atoms with van der Waals surface area (Å²) < 4.78 is 18.6. The van der Waals surface area contributed by atoms with Gasteiger partial charge in [-0.05, 0) is 30.3 Å². The highest BCUT2D eigenvalue weighted by Gasteiger charge is 2.11. The van der Waals surface area contributed by atoms with Crippen molar-refractivity contribution in [3.8, 4) is 11.5 Å². The van der Waals surface area contributed by atoms with Crippen molar-refractivity contribution in [2.45, 2.75) is 5.22 Å². The van der Waals surface area contributed by atoms with Gasteiger partial charge in [0.15, 0.2) is 0 Å². The summed E-state index contributed by atoms with van der Waals surface area (Å²) in [5.74, 6) is -0.361. The van der Waals surface area contributed by atoms with E-state index in [9.17, 15) is 9.18 Å². The average Bonchev–Trinajstić information content (AvgIpc) is 3.06. The molecule has 0 spiro atoms. The summed E-state index contributed by atoms with van der Waals surface area (Å²) in [6.07, 6.45) is 0. The average molecular weight is 364 g/mol. The molecule has 0 fully saturated rings. The normalized spacial score (nSPS) is 10.6. The monoisotopic (exact) mass is 363 g/mol. The van der Waals surface area contributed by atoms with Gasteiger partial charge in [0.25, 0.3) is 5.22 Å². The van der Waals surface area contributed by atoms with Crippen LogP contribution in [0.4, 0.5) is 10.1 Å². The molecule has 0 bridgehead atoms. The van der Waals surface area contributed by atoms with Crippen LogP contribution in [0.5, 0.6) is 0 Å². The second kappa shape index (κ2) is 7.46. The van der Waals surface area contributed by atoms with Crippen LogP contribution in [0.25, 0.3) is 11.5 Å². The highest BCUT2D eigenvalue weighted by molar-refractivity contribution is 7.99. The van der Waals surface area contributed by atoms with Gasteiger partial charge in [-0.25, -0.2) is 4.39 Å². The van der Waals surface area contributed by atoms with Crippen LogP contribution in [0.1, 0.15) is 0 Å². The molecule has 0 saturated heterocycles. The van der Waals surface area contributed by atoms with Gasteiger partial charge in [-0.3, -0.25) is 4.79 Å². The van der Waals surface area contributed by atoms with Gasteiger partial charge in [-0.2, -0.15) is 0 Å². The van der Waals surface area contributed by atoms with Crippen molar-refractivity contribution in [3.05, 3.63) is 59.4 Å². The number of thioether (sulfide) groups is 1. The molecule has 122 valence electrons. The number of nitrogens with one attached hydrogen (secondary N) is 1. The van der Waals surface area contributed by atoms with Crippen LogP contribution in [-0.2, 0) is 4.79 Å². The van der Waals surface area contributed by atoms with Crippen LogP contribution in [0.3, 0.4) is 0 Å². The molecule has 24 heavy (non-hydrogen) atoms. The third kappa shape index (κ3) is 4.12. The Hall–Kier alpha value is -2.38. The van der Waals surface area contributed by atoms with Gasteiger partial charge in [-0.1, -0.05) is 41.6 Å². The Balaban J connectivity index is 1.56. The summed E-state index contributed by atoms with van der Waals surface area (Å²) in [5.41, 5.74) is 1.23. The molecular formula is C16H11ClFN3O2S. The zero-order chi connectivity index (χ0) is 16.9. The lowest BCUT2D eigenvalue weighted by Crippen LogP contribution is -2.14. The van der Waals surface area contributed by atoms with Gasteiger partial charge >= 0.3 is 0 Å². The van der Waals surface area contributed by atoms with Crippen LogP contribution in [0, 0.1) is 5.82 Å². The van der Waals surface area contributed by atoms with Crippen molar-refractivity contribution >= 4 is 35.0 Å². The molecule has 8 heteroatoms. The fraction of sp³-hybridized carbons (Fsp3) is 0.0625. The van der Waals surface area contributed by atoms with Crippen molar-refractivity contribution in [1.82, 2.24) is 10.2 Å². The zero-order valence-electron chi connectivity index (χ0n) is 12.2. The Bertz CT molecular complexity index is 858. The third-order valence-corrected chi connectivity index (χ3v) is 4.07. The van der Waals surface area contributed by atoms with Crippen molar-refractivity contribution in [2.75, 3.05) is 11.1 Å². The predicted molar refractivity (Wildman–Crippen MR) is 90.5 cm³/mol. The number of anilines is 1. The number of carbonyl (C=O) groups excluding carboxylic acids is 1. The van der Waals surface area contributed by atoms with Crippen molar-refractivity contribution < 1.29 is 13.6 Å². The minimum Gasteiger partial charge on any atom is -0.411 e. The molecule has 5 nitrogen and oxygen atoms in total. The topological polar surface area (TPSA) is 68.0 Å². The first kappa shape index (κ1) is 16.5. The molecule has 1 aromatic heterocycles. The van der Waals surface area contributed by atoms with Gasteiger partial charge in [0.1, 0.15) is 5.82 Å². The van der Waals surface area contributed by atoms with Gasteiger partial charge in [0, 0.05) is 11.3 Å². The van der Waals surface area contributed by atoms with Gasteiger partial charge in [-0.15, -0.1) is 10.2 Å². The van der Waals surface area contributed by atoms with Crippen LogP contribution < -0.4 is 5.32 Å². The second-order valence-corrected chi connectivity index (χ2v) is 6.04. The number of aromatic nitrogens is 2. The van der Waals surface area contributed by atoms with E-state index in [1.165, 1.54) is 18.2 Å². The van der Waals surface area contributed by atoms with E-state index in [0.29, 0.717) is 16.8 Å². The predicted octanol–water partition coefficient (Wildman–Crippen LogP) is 4.26. The van der Waals surface area contributed by atoms with Crippen molar-refractivity contribution in [3.63, 3.8) is 0 Å². The number of benzene rings is 2. The number of hydrogen-bond donors (Lipinski definition) is 1. The molecule has 3 rings (SSSR count). The van der Waals surface area contributed by atoms with Crippen LogP contribution in [-0.4, -0.2) is 21.9 Å². The smallest absolute Gasteiger partial charge is 0.277 e. The number of halogens is 2. The molecule has 0 saturated carbocycles. The highest BCUT2D eigenvalue weighted by atomic mass is 35.5. The Morgan fingerprint density at radius 2 is 2.00 bits per heavy atom. The van der Waals surface area contributed by atoms with Crippen LogP contribution in [0.2, 0.25) is 5.02 Å². The van der Waals surface area contributed by atoms with Gasteiger partial charge in [0.05, 0.1) is 10.8 Å². The summed E-state index contributed by atoms with van der Waals surface area (Å²) >= 11 is 6.78. The number of rotatable bonds is 5. The largest absolute Gasteiger partial charge is 0.411 e. The number of nitrogens with zero attached hydrogens (tertiary/aromatic N) is 2. The minimum absolute atomic E-state index is 0.0511. The number of hydrogen-bond acceptors (Lipinski definition) is 5. The lowest BCUT2D eigenvalue weighted by molar-refractivity contribution is -0.113. The lowest BCUT2D eigenvalue weighted by atomic mass is 10.2. The molecule has 2 aromatic carbocycles. The standard InChI is InChI=1S/C16H11ClFN3O2S/c17-12-8-11(6-7-13(12)18)19-14(22)9-24-16-21-20-15(23-16)10-4-2-1-3-5-10/h1-8H,9H2,(H,19,22). The fourth-order valence-electron chi connectivity index (χ4n) is 1.86. The third-order valence-electron chi connectivity index (χ3n) is 2.96. The van der Waals surface area contributed by atoms with Crippen LogP contribution >= 0.6 is 23.4 Å². The summed E-state index contributed by atoms with van der Waals surface area (Å²) in [7, 11) is 0. The number of carbonyl (C=O) groups is 1. The maximum absolute atomic E-state index is 13.1. The van der Waals surface area contributed by atoms with E-state index >= 15 is 0 Å². The van der Waals surface area contributed by atoms with E-state index < -0.39 is 5.82 Å². The Morgan fingerprint density at radius 3 is 2.75 bits per heavy atom. The lowest BCUT2D eigenvalue weighted by Gasteiger charge is -2.04. The molecule has 0 aliphatic carbocycles. The molecule has 3 aromatic rings. The molecule has 0 aliphatic heterocycles. The zero-order valence-corrected chi connectivity index (χ0v) is 13.8. The Kier molecular flexibility index (Phi) is 5.12. The quantitative estimate of drug-likeness (QED) is 0.686. The van der Waals surface area contributed by atoms with Crippen molar-refractivity contribution in [2.24, 2.45) is 0 Å². The fourth-order valence-corrected chi connectivity index (χ4v) is 2.61. The Morgan fingerprint density at radius 1 is 1.21 bits per heavy atom. The minimum atomic E-state index is -0.539. The van der Waals surface area contributed by atoms with E-state index in [1.54, 1.807) is 0 Å². The Labute approximate surface area is 146 Å². The molecule has 1 amide bonds. The maximum atomic E-state index is 13.1. The first-order chi connectivity index (χ1) is 11.6. The van der Waals surface area contributed by atoms with Gasteiger partial charge in [0.2, 0.25) is 11.8 Å². The van der Waals surface area contributed by atoms with E-state index in [1.807, 2.05) is 30.3 Å². The van der Waals surface area contributed by atoms with Crippen molar-refractivity contribution in [1.29, 1.82) is 0 Å². The SMILES string of the molecule is O=C(CSc1nnc(-c2ccccc2)o1)Nc1ccc(F)c(Cl)c1. The van der Waals surface area contributed by atoms with E-state index in [4.69, 9.17) is 16.0 Å². The molecule has 0 radical (unpaired) electrons. The molecule has 0 unspecified atom stereocenters. The molecule has 1 N–H and O–H groups in total. The first-order valence-corrected chi connectivity index (χ1v) is 8.25. The molecular weight excluding hydrogens is 353 g/mol. The van der Waals surface area contributed by atoms with E-state index in [0.717, 1.165) is 17.3 Å². The molecule has 0 aliphatic rings.